The van der Waals surface area contributed by atoms with Gasteiger partial charge in [-0.05, 0) is 40.5 Å². The molecule has 0 aliphatic carbocycles. The minimum Gasteiger partial charge on any atom is -0.0827 e. The second-order valence-corrected chi connectivity index (χ2v) is 7.52. The lowest BCUT2D eigenvalue weighted by Gasteiger charge is -2.33. The Hall–Kier alpha value is -0.200. The number of hydrogen-bond acceptors (Lipinski definition) is 0. The van der Waals surface area contributed by atoms with Crippen molar-refractivity contribution >= 4 is 23.2 Å². The largest absolute Gasteiger partial charge is 0.0827 e. The summed E-state index contributed by atoms with van der Waals surface area (Å²) in [6.07, 6.45) is 0. The summed E-state index contributed by atoms with van der Waals surface area (Å²) in [5.74, 6) is 0. The molecule has 1 rings (SSSR count). The van der Waals surface area contributed by atoms with E-state index in [9.17, 15) is 0 Å². The molecule has 0 aliphatic heterocycles. The van der Waals surface area contributed by atoms with Gasteiger partial charge in [0.2, 0.25) is 0 Å². The minimum atomic E-state index is -0.00461. The maximum Gasteiger partial charge on any atom is 0.0632 e. The smallest absolute Gasteiger partial charge is 0.0632 e. The average Bonchev–Trinajstić information content (AvgIpc) is 2.06. The van der Waals surface area contributed by atoms with Gasteiger partial charge in [-0.25, -0.2) is 0 Å². The first-order valence-electron chi connectivity index (χ1n) is 5.96. The van der Waals surface area contributed by atoms with Crippen molar-refractivity contribution < 1.29 is 0 Å². The standard InChI is InChI=1S/C15H22Cl2/c1-9-8-10(16)13(17)12(15(5,6)7)11(9)14(2,3)4/h8H,1-7H3. The molecule has 0 amide bonds. The van der Waals surface area contributed by atoms with Gasteiger partial charge in [0.15, 0.2) is 0 Å². The maximum absolute atomic E-state index is 6.43. The lowest BCUT2D eigenvalue weighted by atomic mass is 9.73. The van der Waals surface area contributed by atoms with Crippen molar-refractivity contribution in [3.05, 3.63) is 32.8 Å². The van der Waals surface area contributed by atoms with E-state index in [1.807, 2.05) is 6.07 Å². The van der Waals surface area contributed by atoms with E-state index in [2.05, 4.69) is 48.5 Å². The summed E-state index contributed by atoms with van der Waals surface area (Å²) in [6, 6.07) is 1.97. The first-order valence-corrected chi connectivity index (χ1v) is 6.71. The van der Waals surface area contributed by atoms with Crippen molar-refractivity contribution in [3.8, 4) is 0 Å². The number of rotatable bonds is 0. The zero-order valence-electron chi connectivity index (χ0n) is 11.8. The lowest BCUT2D eigenvalue weighted by Crippen LogP contribution is -2.24. The van der Waals surface area contributed by atoms with E-state index < -0.39 is 0 Å². The van der Waals surface area contributed by atoms with Crippen LogP contribution in [0.1, 0.15) is 58.2 Å². The molecule has 2 heteroatoms. The Kier molecular flexibility index (Phi) is 3.91. The summed E-state index contributed by atoms with van der Waals surface area (Å²) < 4.78 is 0. The van der Waals surface area contributed by atoms with Gasteiger partial charge in [0.1, 0.15) is 0 Å². The van der Waals surface area contributed by atoms with Crippen LogP contribution in [0.25, 0.3) is 0 Å². The molecule has 0 radical (unpaired) electrons. The maximum atomic E-state index is 6.43. The fourth-order valence-corrected chi connectivity index (χ4v) is 3.11. The van der Waals surface area contributed by atoms with Gasteiger partial charge in [0.25, 0.3) is 0 Å². The van der Waals surface area contributed by atoms with Gasteiger partial charge in [-0.1, -0.05) is 64.7 Å². The third kappa shape index (κ3) is 2.98. The third-order valence-corrected chi connectivity index (χ3v) is 3.70. The highest BCUT2D eigenvalue weighted by atomic mass is 35.5. The molecule has 0 bridgehead atoms. The zero-order valence-corrected chi connectivity index (χ0v) is 13.3. The normalized spacial score (nSPS) is 13.0. The molecule has 0 aromatic heterocycles. The molecule has 0 nitrogen and oxygen atoms in total. The SMILES string of the molecule is Cc1cc(Cl)c(Cl)c(C(C)(C)C)c1C(C)(C)C. The Labute approximate surface area is 115 Å². The summed E-state index contributed by atoms with van der Waals surface area (Å²) in [4.78, 5) is 0. The van der Waals surface area contributed by atoms with E-state index in [1.54, 1.807) is 0 Å². The molecule has 0 N–H and O–H groups in total. The van der Waals surface area contributed by atoms with Crippen LogP contribution in [0.5, 0.6) is 0 Å². The Morgan fingerprint density at radius 2 is 1.24 bits per heavy atom. The number of benzene rings is 1. The molecule has 0 saturated heterocycles. The van der Waals surface area contributed by atoms with Gasteiger partial charge < -0.3 is 0 Å². The summed E-state index contributed by atoms with van der Waals surface area (Å²) in [5.41, 5.74) is 3.78. The van der Waals surface area contributed by atoms with Crippen LogP contribution in [0.4, 0.5) is 0 Å². The van der Waals surface area contributed by atoms with Gasteiger partial charge in [0.05, 0.1) is 10.0 Å². The molecule has 0 fully saturated rings. The molecular formula is C15H22Cl2. The average molecular weight is 273 g/mol. The highest BCUT2D eigenvalue weighted by molar-refractivity contribution is 6.42. The van der Waals surface area contributed by atoms with E-state index in [-0.39, 0.29) is 10.8 Å². The van der Waals surface area contributed by atoms with Crippen molar-refractivity contribution in [1.29, 1.82) is 0 Å². The van der Waals surface area contributed by atoms with Crippen LogP contribution in [0.3, 0.4) is 0 Å². The fraction of sp³-hybridized carbons (Fsp3) is 0.600. The Morgan fingerprint density at radius 1 is 0.824 bits per heavy atom. The predicted molar refractivity (Wildman–Crippen MR) is 78.6 cm³/mol. The second-order valence-electron chi connectivity index (χ2n) is 6.74. The quantitative estimate of drug-likeness (QED) is 0.552. The Morgan fingerprint density at radius 3 is 1.59 bits per heavy atom. The van der Waals surface area contributed by atoms with Crippen LogP contribution in [0.2, 0.25) is 10.0 Å². The lowest BCUT2D eigenvalue weighted by molar-refractivity contribution is 0.527. The van der Waals surface area contributed by atoms with Crippen LogP contribution in [-0.4, -0.2) is 0 Å². The molecule has 0 atom stereocenters. The number of halogens is 2. The number of hydrogen-bond donors (Lipinski definition) is 0. The molecule has 1 aromatic carbocycles. The van der Waals surface area contributed by atoms with Gasteiger partial charge in [-0.15, -0.1) is 0 Å². The summed E-state index contributed by atoms with van der Waals surface area (Å²) >= 11 is 12.6. The fourth-order valence-electron chi connectivity index (χ4n) is 2.42. The molecule has 0 unspecified atom stereocenters. The van der Waals surface area contributed by atoms with Crippen molar-refractivity contribution in [1.82, 2.24) is 0 Å². The van der Waals surface area contributed by atoms with Crippen molar-refractivity contribution in [2.24, 2.45) is 0 Å². The molecule has 1 aromatic rings. The molecule has 0 saturated carbocycles. The van der Waals surface area contributed by atoms with Crippen molar-refractivity contribution in [2.45, 2.75) is 59.3 Å². The molecule has 0 spiro atoms. The van der Waals surface area contributed by atoms with Crippen LogP contribution >= 0.6 is 23.2 Å². The van der Waals surface area contributed by atoms with E-state index in [4.69, 9.17) is 23.2 Å². The van der Waals surface area contributed by atoms with Crippen molar-refractivity contribution in [3.63, 3.8) is 0 Å². The summed E-state index contributed by atoms with van der Waals surface area (Å²) in [7, 11) is 0. The van der Waals surface area contributed by atoms with Crippen molar-refractivity contribution in [2.75, 3.05) is 0 Å². The minimum absolute atomic E-state index is 0.00461. The van der Waals surface area contributed by atoms with E-state index in [0.717, 1.165) is 0 Å². The molecule has 96 valence electrons. The molecular weight excluding hydrogens is 251 g/mol. The highest BCUT2D eigenvalue weighted by Crippen LogP contribution is 2.43. The number of aryl methyl sites for hydroxylation is 1. The molecule has 0 heterocycles. The summed E-state index contributed by atoms with van der Waals surface area (Å²) in [6.45, 7) is 15.3. The molecule has 0 aliphatic rings. The van der Waals surface area contributed by atoms with Gasteiger partial charge in [-0.2, -0.15) is 0 Å². The van der Waals surface area contributed by atoms with E-state index in [1.165, 1.54) is 16.7 Å². The topological polar surface area (TPSA) is 0 Å². The first-order chi connectivity index (χ1) is 7.46. The van der Waals surface area contributed by atoms with E-state index >= 15 is 0 Å². The Balaban J connectivity index is 3.76. The van der Waals surface area contributed by atoms with Gasteiger partial charge in [0, 0.05) is 0 Å². The zero-order chi connectivity index (χ0) is 13.6. The van der Waals surface area contributed by atoms with Crippen LogP contribution in [0, 0.1) is 6.92 Å². The third-order valence-electron chi connectivity index (χ3n) is 2.92. The van der Waals surface area contributed by atoms with Gasteiger partial charge in [-0.3, -0.25) is 0 Å². The predicted octanol–water partition coefficient (Wildman–Crippen LogP) is 5.90. The second kappa shape index (κ2) is 4.48. The Bertz CT molecular complexity index is 432. The van der Waals surface area contributed by atoms with E-state index in [0.29, 0.717) is 10.0 Å². The van der Waals surface area contributed by atoms with Crippen LogP contribution in [-0.2, 0) is 10.8 Å². The van der Waals surface area contributed by atoms with Gasteiger partial charge >= 0.3 is 0 Å². The highest BCUT2D eigenvalue weighted by Gasteiger charge is 2.30. The summed E-state index contributed by atoms with van der Waals surface area (Å²) in [5, 5.41) is 1.36. The van der Waals surface area contributed by atoms with Crippen LogP contribution in [0.15, 0.2) is 6.07 Å². The monoisotopic (exact) mass is 272 g/mol. The first kappa shape index (κ1) is 14.9. The molecule has 17 heavy (non-hydrogen) atoms. The van der Waals surface area contributed by atoms with Crippen LogP contribution < -0.4 is 0 Å².